The van der Waals surface area contributed by atoms with E-state index in [1.54, 1.807) is 0 Å². The number of hydrogen-bond donors (Lipinski definition) is 1. The summed E-state index contributed by atoms with van der Waals surface area (Å²) in [5.74, 6) is 0.823. The van der Waals surface area contributed by atoms with Crippen molar-refractivity contribution in [2.24, 2.45) is 16.7 Å². The summed E-state index contributed by atoms with van der Waals surface area (Å²) < 4.78 is 5.80. The van der Waals surface area contributed by atoms with Crippen LogP contribution in [0.5, 0.6) is 0 Å². The smallest absolute Gasteiger partial charge is 0.226 e. The minimum absolute atomic E-state index is 0. The minimum atomic E-state index is -0.337. The summed E-state index contributed by atoms with van der Waals surface area (Å²) in [7, 11) is 0. The van der Waals surface area contributed by atoms with Crippen LogP contribution in [0.25, 0.3) is 44.3 Å². The van der Waals surface area contributed by atoms with Crippen molar-refractivity contribution >= 4 is 27.7 Å². The molecule has 0 spiro atoms. The standard InChI is InChI=1S/C30H29N2O.C15H28O2.Ir/c1-19(2)14-23-18-33-29-28(23)25(11-13-32-29)21-10-12-31-27(17-21)22-15-20-8-6-7-9-24(20)26(16-22)30(3,4)5;1-7-14(5,8-2)12(16)11-13(17)15(6,9-3)10-4;/h6-13,16-19H,14H2,1-5H3;11,16H,7-10H2,1-6H3;/q-1;;/b;12-11-;. The molecule has 2 aromatic carbocycles. The number of allylic oxidation sites excluding steroid dienone is 2. The maximum absolute atomic E-state index is 12.2. The Morgan fingerprint density at radius 3 is 2.12 bits per heavy atom. The van der Waals surface area contributed by atoms with Crippen molar-refractivity contribution in [3.05, 3.63) is 96.2 Å². The average Bonchev–Trinajstić information content (AvgIpc) is 3.52. The van der Waals surface area contributed by atoms with Gasteiger partial charge in [0.15, 0.2) is 5.78 Å². The molecule has 0 saturated carbocycles. The number of aliphatic hydroxyl groups is 1. The van der Waals surface area contributed by atoms with Crippen molar-refractivity contribution in [1.82, 2.24) is 9.97 Å². The molecule has 0 bridgehead atoms. The molecule has 5 aromatic rings. The van der Waals surface area contributed by atoms with Gasteiger partial charge in [0.2, 0.25) is 5.71 Å². The zero-order valence-electron chi connectivity index (χ0n) is 32.5. The zero-order valence-corrected chi connectivity index (χ0v) is 34.9. The molecule has 5 rings (SSSR count). The Morgan fingerprint density at radius 2 is 1.51 bits per heavy atom. The summed E-state index contributed by atoms with van der Waals surface area (Å²) in [5.41, 5.74) is 6.78. The predicted molar refractivity (Wildman–Crippen MR) is 209 cm³/mol. The van der Waals surface area contributed by atoms with Crippen LogP contribution >= 0.6 is 0 Å². The van der Waals surface area contributed by atoms with Crippen LogP contribution in [-0.2, 0) is 36.7 Å². The second-order valence-corrected chi connectivity index (χ2v) is 15.6. The molecule has 0 amide bonds. The fraction of sp³-hybridized carbons (Fsp3) is 0.444. The molecule has 3 aromatic heterocycles. The molecule has 275 valence electrons. The summed E-state index contributed by atoms with van der Waals surface area (Å²) in [6.45, 7) is 23.3. The van der Waals surface area contributed by atoms with Crippen LogP contribution in [0.15, 0.2) is 83.4 Å². The third-order valence-electron chi connectivity index (χ3n) is 10.7. The normalized spacial score (nSPS) is 12.5. The van der Waals surface area contributed by atoms with E-state index in [1.165, 1.54) is 22.6 Å². The van der Waals surface area contributed by atoms with Gasteiger partial charge in [-0.15, -0.1) is 29.1 Å². The van der Waals surface area contributed by atoms with E-state index in [0.717, 1.165) is 65.3 Å². The minimum Gasteiger partial charge on any atom is -0.512 e. The van der Waals surface area contributed by atoms with E-state index >= 15 is 0 Å². The van der Waals surface area contributed by atoms with Gasteiger partial charge in [-0.2, -0.15) is 0 Å². The molecule has 3 heterocycles. The maximum atomic E-state index is 12.2. The Balaban J connectivity index is 0.000000335. The first-order valence-electron chi connectivity index (χ1n) is 18.3. The fourth-order valence-electron chi connectivity index (χ4n) is 6.28. The topological polar surface area (TPSA) is 76.2 Å². The molecule has 0 fully saturated rings. The van der Waals surface area contributed by atoms with Gasteiger partial charge in [0, 0.05) is 60.7 Å². The van der Waals surface area contributed by atoms with Crippen LogP contribution in [0.1, 0.15) is 113 Å². The molecule has 0 aliphatic carbocycles. The Bertz CT molecular complexity index is 1960. The molecule has 0 aliphatic heterocycles. The van der Waals surface area contributed by atoms with E-state index in [0.29, 0.717) is 11.6 Å². The molecular formula is C45H57IrN2O3-. The molecule has 0 atom stereocenters. The predicted octanol–water partition coefficient (Wildman–Crippen LogP) is 12.7. The number of carbonyl (C=O) groups is 1. The first-order chi connectivity index (χ1) is 23.6. The number of fused-ring (bicyclic) bond motifs is 2. The van der Waals surface area contributed by atoms with Crippen molar-refractivity contribution in [3.63, 3.8) is 0 Å². The second kappa shape index (κ2) is 17.3. The van der Waals surface area contributed by atoms with Crippen molar-refractivity contribution in [1.29, 1.82) is 0 Å². The number of rotatable bonds is 11. The van der Waals surface area contributed by atoms with Crippen LogP contribution in [-0.4, -0.2) is 20.9 Å². The van der Waals surface area contributed by atoms with Crippen molar-refractivity contribution < 1.29 is 34.4 Å². The summed E-state index contributed by atoms with van der Waals surface area (Å²) in [6.07, 6.45) is 11.3. The first-order valence-corrected chi connectivity index (χ1v) is 18.3. The van der Waals surface area contributed by atoms with Crippen LogP contribution in [0, 0.1) is 22.8 Å². The maximum Gasteiger partial charge on any atom is 0.226 e. The molecule has 0 aliphatic rings. The van der Waals surface area contributed by atoms with Crippen LogP contribution in [0.4, 0.5) is 0 Å². The molecule has 51 heavy (non-hydrogen) atoms. The monoisotopic (exact) mass is 866 g/mol. The Hall–Kier alpha value is -3.60. The van der Waals surface area contributed by atoms with Crippen molar-refractivity contribution in [2.75, 3.05) is 0 Å². The van der Waals surface area contributed by atoms with Gasteiger partial charge in [0.05, 0.1) is 11.6 Å². The number of carbonyl (C=O) groups excluding carboxylic acids is 1. The zero-order chi connectivity index (χ0) is 36.9. The first kappa shape index (κ1) is 41.8. The van der Waals surface area contributed by atoms with Gasteiger partial charge in [0.25, 0.3) is 0 Å². The number of nitrogens with zero attached hydrogens (tertiary/aromatic N) is 2. The Labute approximate surface area is 319 Å². The Morgan fingerprint density at radius 1 is 0.882 bits per heavy atom. The SMILES string of the molecule is CC(C)Cc1coc2nccc(-c3ccnc(-c4[c-]c5ccccc5c(C(C)(C)C)c4)c3)c12.CCC(C)(CC)C(=O)/C=C(\O)C(C)(CC)CC.[Ir]. The molecule has 5 nitrogen and oxygen atoms in total. The molecule has 0 unspecified atom stereocenters. The van der Waals surface area contributed by atoms with E-state index in [2.05, 4.69) is 94.2 Å². The molecule has 1 radical (unpaired) electrons. The van der Waals surface area contributed by atoms with E-state index < -0.39 is 0 Å². The number of aliphatic hydroxyl groups excluding tert-OH is 1. The molecule has 1 N–H and O–H groups in total. The van der Waals surface area contributed by atoms with E-state index in [1.807, 2.05) is 60.2 Å². The quantitative estimate of drug-likeness (QED) is 0.0813. The molecule has 0 saturated heterocycles. The molecular weight excluding hydrogens is 809 g/mol. The van der Waals surface area contributed by atoms with Gasteiger partial charge in [0.1, 0.15) is 5.76 Å². The third-order valence-corrected chi connectivity index (χ3v) is 10.7. The third kappa shape index (κ3) is 9.45. The van der Waals surface area contributed by atoms with Crippen LogP contribution < -0.4 is 0 Å². The van der Waals surface area contributed by atoms with Gasteiger partial charge in [-0.3, -0.25) is 9.78 Å². The van der Waals surface area contributed by atoms with E-state index in [-0.39, 0.29) is 47.9 Å². The van der Waals surface area contributed by atoms with Crippen molar-refractivity contribution in [3.8, 4) is 22.4 Å². The van der Waals surface area contributed by atoms with Gasteiger partial charge in [-0.25, -0.2) is 4.98 Å². The number of ketones is 1. The number of aromatic nitrogens is 2. The van der Waals surface area contributed by atoms with Gasteiger partial charge >= 0.3 is 0 Å². The van der Waals surface area contributed by atoms with E-state index in [4.69, 9.17) is 9.40 Å². The summed E-state index contributed by atoms with van der Waals surface area (Å²) in [5, 5.41) is 13.6. The number of hydrogen-bond acceptors (Lipinski definition) is 5. The second-order valence-electron chi connectivity index (χ2n) is 15.6. The largest absolute Gasteiger partial charge is 0.512 e. The number of furan rings is 1. The number of benzene rings is 2. The van der Waals surface area contributed by atoms with Gasteiger partial charge in [-0.1, -0.05) is 111 Å². The summed E-state index contributed by atoms with van der Waals surface area (Å²) in [6, 6.07) is 20.6. The fourth-order valence-corrected chi connectivity index (χ4v) is 6.28. The summed E-state index contributed by atoms with van der Waals surface area (Å²) in [4.78, 5) is 21.4. The Kier molecular flexibility index (Phi) is 14.2. The molecule has 6 heteroatoms. The summed E-state index contributed by atoms with van der Waals surface area (Å²) >= 11 is 0. The average molecular weight is 866 g/mol. The van der Waals surface area contributed by atoms with Gasteiger partial charge in [-0.05, 0) is 66.7 Å². The van der Waals surface area contributed by atoms with Crippen LogP contribution in [0.2, 0.25) is 0 Å². The number of pyridine rings is 2. The van der Waals surface area contributed by atoms with Crippen LogP contribution in [0.3, 0.4) is 0 Å². The van der Waals surface area contributed by atoms with Crippen molar-refractivity contribution in [2.45, 2.75) is 114 Å². The van der Waals surface area contributed by atoms with Gasteiger partial charge < -0.3 is 9.52 Å². The van der Waals surface area contributed by atoms with E-state index in [9.17, 15) is 9.90 Å².